The summed E-state index contributed by atoms with van der Waals surface area (Å²) in [6, 6.07) is 0. The highest BCUT2D eigenvalue weighted by atomic mass is 28.2. The van der Waals surface area contributed by atoms with E-state index in [2.05, 4.69) is 25.3 Å². The molecule has 2 heteroatoms. The Labute approximate surface area is 128 Å². The maximum Gasteiger partial charge on any atom is 0.146 e. The lowest BCUT2D eigenvalue weighted by Crippen LogP contribution is -2.45. The number of hydrogen-bond donors (Lipinski definition) is 0. The highest BCUT2D eigenvalue weighted by Gasteiger charge is 2.44. The van der Waals surface area contributed by atoms with Crippen LogP contribution in [0.1, 0.15) is 64.2 Å². The molecular weight excluding hydrogens is 260 g/mol. The zero-order chi connectivity index (χ0) is 14.4. The Morgan fingerprint density at radius 2 is 1.40 bits per heavy atom. The van der Waals surface area contributed by atoms with Crippen LogP contribution >= 0.6 is 0 Å². The number of hydrogen-bond acceptors (Lipinski definition) is 1. The fourth-order valence-electron chi connectivity index (χ4n) is 4.73. The monoisotopic (exact) mass is 292 g/mol. The van der Waals surface area contributed by atoms with E-state index in [1.807, 2.05) is 0 Å². The van der Waals surface area contributed by atoms with Crippen molar-refractivity contribution in [1.29, 1.82) is 0 Å². The van der Waals surface area contributed by atoms with E-state index in [1.165, 1.54) is 64.2 Å². The largest absolute Gasteiger partial charge is 0.424 e. The second-order valence-corrected chi connectivity index (χ2v) is 7.27. The van der Waals surface area contributed by atoms with Crippen molar-refractivity contribution in [3.05, 3.63) is 25.3 Å². The molecule has 0 aromatic heterocycles. The van der Waals surface area contributed by atoms with Crippen LogP contribution in [0, 0.1) is 17.3 Å². The quantitative estimate of drug-likeness (QED) is 0.527. The molecule has 0 heterocycles. The fourth-order valence-corrected chi connectivity index (χ4v) is 5.52. The SMILES string of the molecule is C=CC(C=C)(C1CCCCC1)C(O[SiH3])C1CCCCC1. The summed E-state index contributed by atoms with van der Waals surface area (Å²) in [4.78, 5) is 0. The molecule has 0 saturated heterocycles. The molecule has 2 fully saturated rings. The molecule has 2 aliphatic rings. The molecule has 0 aliphatic heterocycles. The van der Waals surface area contributed by atoms with E-state index in [9.17, 15) is 0 Å². The normalized spacial score (nSPS) is 24.4. The van der Waals surface area contributed by atoms with E-state index in [1.54, 1.807) is 0 Å². The molecule has 114 valence electrons. The van der Waals surface area contributed by atoms with Gasteiger partial charge >= 0.3 is 0 Å². The Morgan fingerprint density at radius 1 is 0.900 bits per heavy atom. The van der Waals surface area contributed by atoms with Gasteiger partial charge in [0.25, 0.3) is 0 Å². The van der Waals surface area contributed by atoms with Crippen molar-refractivity contribution in [2.45, 2.75) is 70.3 Å². The van der Waals surface area contributed by atoms with Crippen LogP contribution in [0.2, 0.25) is 0 Å². The predicted molar refractivity (Wildman–Crippen MR) is 90.8 cm³/mol. The minimum absolute atomic E-state index is 0.0180. The van der Waals surface area contributed by atoms with Crippen molar-refractivity contribution in [1.82, 2.24) is 0 Å². The summed E-state index contributed by atoms with van der Waals surface area (Å²) in [6.07, 6.45) is 18.3. The molecule has 1 unspecified atom stereocenters. The Hall–Kier alpha value is -0.343. The Balaban J connectivity index is 2.22. The third-order valence-corrected chi connectivity index (χ3v) is 6.35. The van der Waals surface area contributed by atoms with Crippen molar-refractivity contribution in [3.8, 4) is 0 Å². The van der Waals surface area contributed by atoms with Gasteiger partial charge < -0.3 is 4.43 Å². The molecule has 0 spiro atoms. The molecule has 2 saturated carbocycles. The zero-order valence-electron chi connectivity index (χ0n) is 13.3. The molecule has 0 aromatic rings. The third-order valence-electron chi connectivity index (χ3n) is 5.84. The van der Waals surface area contributed by atoms with E-state index in [-0.39, 0.29) is 5.41 Å². The molecule has 1 atom stereocenters. The molecule has 0 amide bonds. The predicted octanol–water partition coefficient (Wildman–Crippen LogP) is 4.17. The van der Waals surface area contributed by atoms with Crippen molar-refractivity contribution in [3.63, 3.8) is 0 Å². The lowest BCUT2D eigenvalue weighted by Gasteiger charge is -2.47. The highest BCUT2D eigenvalue weighted by molar-refractivity contribution is 5.98. The lowest BCUT2D eigenvalue weighted by atomic mass is 9.61. The van der Waals surface area contributed by atoms with Gasteiger partial charge in [0.1, 0.15) is 10.5 Å². The minimum Gasteiger partial charge on any atom is -0.424 e. The van der Waals surface area contributed by atoms with Gasteiger partial charge in [-0.2, -0.15) is 0 Å². The summed E-state index contributed by atoms with van der Waals surface area (Å²) in [5.74, 6) is 1.42. The zero-order valence-corrected chi connectivity index (χ0v) is 15.3. The molecule has 0 N–H and O–H groups in total. The summed E-state index contributed by atoms with van der Waals surface area (Å²) in [7, 11) is 0.821. The minimum atomic E-state index is 0.0180. The third kappa shape index (κ3) is 3.12. The molecule has 2 aliphatic carbocycles. The van der Waals surface area contributed by atoms with Crippen molar-refractivity contribution < 1.29 is 4.43 Å². The van der Waals surface area contributed by atoms with Crippen molar-refractivity contribution in [2.75, 3.05) is 0 Å². The smallest absolute Gasteiger partial charge is 0.146 e. The van der Waals surface area contributed by atoms with Crippen LogP contribution in [0.15, 0.2) is 25.3 Å². The first-order chi connectivity index (χ1) is 9.78. The van der Waals surface area contributed by atoms with Gasteiger partial charge in [-0.15, -0.1) is 13.2 Å². The summed E-state index contributed by atoms with van der Waals surface area (Å²) < 4.78 is 6.19. The van der Waals surface area contributed by atoms with Gasteiger partial charge in [0.15, 0.2) is 0 Å². The summed E-state index contributed by atoms with van der Waals surface area (Å²) in [5, 5.41) is 0. The van der Waals surface area contributed by atoms with E-state index in [0.717, 1.165) is 16.4 Å². The maximum atomic E-state index is 6.19. The molecule has 0 aromatic carbocycles. The van der Waals surface area contributed by atoms with E-state index in [4.69, 9.17) is 4.43 Å². The molecule has 20 heavy (non-hydrogen) atoms. The summed E-state index contributed by atoms with van der Waals surface area (Å²) in [6.45, 7) is 8.41. The molecule has 2 rings (SSSR count). The molecule has 0 bridgehead atoms. The van der Waals surface area contributed by atoms with Gasteiger partial charge in [-0.25, -0.2) is 0 Å². The van der Waals surface area contributed by atoms with Crippen LogP contribution in [0.5, 0.6) is 0 Å². The van der Waals surface area contributed by atoms with E-state index in [0.29, 0.717) is 12.0 Å². The second kappa shape index (κ2) is 7.60. The first-order valence-corrected chi connectivity index (χ1v) is 9.40. The first kappa shape index (κ1) is 16.0. The van der Waals surface area contributed by atoms with Gasteiger partial charge in [0.2, 0.25) is 0 Å². The Kier molecular flexibility index (Phi) is 6.10. The Morgan fingerprint density at radius 3 is 1.85 bits per heavy atom. The van der Waals surface area contributed by atoms with E-state index < -0.39 is 0 Å². The van der Waals surface area contributed by atoms with Crippen molar-refractivity contribution >= 4 is 10.5 Å². The topological polar surface area (TPSA) is 9.23 Å². The van der Waals surface area contributed by atoms with Gasteiger partial charge in [-0.1, -0.05) is 50.7 Å². The first-order valence-electron chi connectivity index (χ1n) is 8.58. The standard InChI is InChI=1S/C18H32OSi/c1-3-18(4-2,16-13-9-6-10-14-16)17(19-20)15-11-7-5-8-12-15/h3-4,15-17H,1-2,5-14H2,20H3. The van der Waals surface area contributed by atoms with Gasteiger partial charge in [0, 0.05) is 5.41 Å². The second-order valence-electron chi connectivity index (χ2n) is 6.80. The average molecular weight is 293 g/mol. The number of rotatable bonds is 6. The summed E-state index contributed by atoms with van der Waals surface area (Å²) in [5.41, 5.74) is 0.0180. The molecular formula is C18H32OSi. The Bertz CT molecular complexity index is 305. The fraction of sp³-hybridized carbons (Fsp3) is 0.778. The lowest BCUT2D eigenvalue weighted by molar-refractivity contribution is 0.00550. The average Bonchev–Trinajstić information content (AvgIpc) is 2.54. The van der Waals surface area contributed by atoms with Crippen LogP contribution < -0.4 is 0 Å². The van der Waals surface area contributed by atoms with Crippen molar-refractivity contribution in [2.24, 2.45) is 17.3 Å². The van der Waals surface area contributed by atoms with Gasteiger partial charge in [-0.05, 0) is 37.5 Å². The van der Waals surface area contributed by atoms with Crippen LogP contribution in [0.4, 0.5) is 0 Å². The molecule has 1 nitrogen and oxygen atoms in total. The van der Waals surface area contributed by atoms with Crippen LogP contribution in [-0.2, 0) is 4.43 Å². The van der Waals surface area contributed by atoms with Gasteiger partial charge in [-0.3, -0.25) is 0 Å². The molecule has 0 radical (unpaired) electrons. The maximum absolute atomic E-state index is 6.19. The van der Waals surface area contributed by atoms with Crippen LogP contribution in [-0.4, -0.2) is 16.6 Å². The summed E-state index contributed by atoms with van der Waals surface area (Å²) >= 11 is 0. The van der Waals surface area contributed by atoms with Crippen LogP contribution in [0.3, 0.4) is 0 Å². The van der Waals surface area contributed by atoms with Gasteiger partial charge in [0.05, 0.1) is 6.10 Å². The van der Waals surface area contributed by atoms with E-state index >= 15 is 0 Å². The van der Waals surface area contributed by atoms with Crippen LogP contribution in [0.25, 0.3) is 0 Å². The highest BCUT2D eigenvalue weighted by Crippen LogP contribution is 2.48.